The summed E-state index contributed by atoms with van der Waals surface area (Å²) in [4.78, 5) is 11.6. The zero-order valence-electron chi connectivity index (χ0n) is 13.4. The zero-order valence-corrected chi connectivity index (χ0v) is 13.4. The minimum Gasteiger partial charge on any atom is -0.457 e. The van der Waals surface area contributed by atoms with Gasteiger partial charge in [0.1, 0.15) is 22.9 Å². The molecule has 0 aliphatic heterocycles. The first-order valence-electron chi connectivity index (χ1n) is 7.31. The Bertz CT molecular complexity index is 663. The van der Waals surface area contributed by atoms with Crippen LogP contribution in [0.1, 0.15) is 26.3 Å². The van der Waals surface area contributed by atoms with Crippen molar-refractivity contribution in [3.63, 3.8) is 0 Å². The van der Waals surface area contributed by atoms with Crippen LogP contribution in [0.5, 0.6) is 11.5 Å². The second kappa shape index (κ2) is 7.13. The minimum absolute atomic E-state index is 0.312. The van der Waals surface area contributed by atoms with Crippen LogP contribution in [-0.2, 0) is 11.3 Å². The number of benzene rings is 2. The van der Waals surface area contributed by atoms with Gasteiger partial charge in [-0.05, 0) is 62.7 Å². The molecule has 0 aliphatic carbocycles. The fourth-order valence-corrected chi connectivity index (χ4v) is 1.85. The summed E-state index contributed by atoms with van der Waals surface area (Å²) < 4.78 is 23.7. The van der Waals surface area contributed by atoms with Crippen molar-refractivity contribution in [1.29, 1.82) is 0 Å². The Hall–Kier alpha value is -2.56. The SMILES string of the molecule is CC(C)(C)OC(=O)NCc1cccc(Oc2ccc(F)cc2)c1. The summed E-state index contributed by atoms with van der Waals surface area (Å²) in [6.07, 6.45) is -0.470. The molecule has 0 aliphatic rings. The summed E-state index contributed by atoms with van der Waals surface area (Å²) in [7, 11) is 0. The van der Waals surface area contributed by atoms with Gasteiger partial charge in [-0.15, -0.1) is 0 Å². The molecule has 0 bridgehead atoms. The van der Waals surface area contributed by atoms with Gasteiger partial charge in [0, 0.05) is 6.54 Å². The van der Waals surface area contributed by atoms with Gasteiger partial charge in [-0.25, -0.2) is 9.18 Å². The van der Waals surface area contributed by atoms with Gasteiger partial charge in [0.2, 0.25) is 0 Å². The molecule has 1 amide bonds. The Balaban J connectivity index is 1.94. The monoisotopic (exact) mass is 317 g/mol. The van der Waals surface area contributed by atoms with Gasteiger partial charge in [-0.3, -0.25) is 0 Å². The molecule has 0 saturated heterocycles. The van der Waals surface area contributed by atoms with Crippen molar-refractivity contribution in [2.75, 3.05) is 0 Å². The third-order valence-corrected chi connectivity index (χ3v) is 2.78. The first-order valence-corrected chi connectivity index (χ1v) is 7.31. The summed E-state index contributed by atoms with van der Waals surface area (Å²) in [5.74, 6) is 0.844. The van der Waals surface area contributed by atoms with Crippen LogP contribution in [0.2, 0.25) is 0 Å². The van der Waals surface area contributed by atoms with Crippen molar-refractivity contribution in [3.05, 3.63) is 59.9 Å². The Morgan fingerprint density at radius 3 is 2.43 bits per heavy atom. The van der Waals surface area contributed by atoms with E-state index in [-0.39, 0.29) is 5.82 Å². The van der Waals surface area contributed by atoms with E-state index >= 15 is 0 Å². The number of ether oxygens (including phenoxy) is 2. The second-order valence-electron chi connectivity index (χ2n) is 6.06. The molecule has 0 radical (unpaired) electrons. The van der Waals surface area contributed by atoms with E-state index in [0.29, 0.717) is 18.0 Å². The van der Waals surface area contributed by atoms with E-state index in [0.717, 1.165) is 5.56 Å². The lowest BCUT2D eigenvalue weighted by molar-refractivity contribution is 0.0523. The van der Waals surface area contributed by atoms with Crippen LogP contribution in [0.15, 0.2) is 48.5 Å². The lowest BCUT2D eigenvalue weighted by Crippen LogP contribution is -2.32. The van der Waals surface area contributed by atoms with Crippen molar-refractivity contribution in [3.8, 4) is 11.5 Å². The second-order valence-corrected chi connectivity index (χ2v) is 6.06. The highest BCUT2D eigenvalue weighted by Crippen LogP contribution is 2.22. The quantitative estimate of drug-likeness (QED) is 0.893. The first kappa shape index (κ1) is 16.8. The van der Waals surface area contributed by atoms with Crippen LogP contribution in [0.4, 0.5) is 9.18 Å². The Morgan fingerprint density at radius 1 is 1.09 bits per heavy atom. The van der Waals surface area contributed by atoms with E-state index < -0.39 is 11.7 Å². The number of nitrogens with one attached hydrogen (secondary N) is 1. The largest absolute Gasteiger partial charge is 0.457 e. The molecule has 0 aromatic heterocycles. The number of amides is 1. The highest BCUT2D eigenvalue weighted by atomic mass is 19.1. The van der Waals surface area contributed by atoms with E-state index in [1.54, 1.807) is 24.3 Å². The molecule has 23 heavy (non-hydrogen) atoms. The molecular weight excluding hydrogens is 297 g/mol. The Morgan fingerprint density at radius 2 is 1.78 bits per heavy atom. The molecule has 2 aromatic rings. The molecule has 1 N–H and O–H groups in total. The average molecular weight is 317 g/mol. The lowest BCUT2D eigenvalue weighted by Gasteiger charge is -2.19. The normalized spacial score (nSPS) is 11.0. The topological polar surface area (TPSA) is 47.6 Å². The highest BCUT2D eigenvalue weighted by molar-refractivity contribution is 5.67. The number of carbonyl (C=O) groups excluding carboxylic acids is 1. The summed E-state index contributed by atoms with van der Waals surface area (Å²) >= 11 is 0. The molecule has 0 atom stereocenters. The average Bonchev–Trinajstić information content (AvgIpc) is 2.46. The summed E-state index contributed by atoms with van der Waals surface area (Å²) in [6.45, 7) is 5.76. The van der Waals surface area contributed by atoms with Crippen molar-refractivity contribution in [2.45, 2.75) is 32.9 Å². The highest BCUT2D eigenvalue weighted by Gasteiger charge is 2.15. The van der Waals surface area contributed by atoms with E-state index in [1.807, 2.05) is 32.9 Å². The molecule has 2 rings (SSSR count). The summed E-state index contributed by atoms with van der Waals surface area (Å²) in [6, 6.07) is 13.1. The fraction of sp³-hybridized carbons (Fsp3) is 0.278. The van der Waals surface area contributed by atoms with Crippen LogP contribution in [0.3, 0.4) is 0 Å². The maximum Gasteiger partial charge on any atom is 0.407 e. The molecule has 0 unspecified atom stereocenters. The zero-order chi connectivity index (χ0) is 16.9. The summed E-state index contributed by atoms with van der Waals surface area (Å²) in [5, 5.41) is 2.69. The maximum absolute atomic E-state index is 12.9. The van der Waals surface area contributed by atoms with Gasteiger partial charge in [0.05, 0.1) is 0 Å². The van der Waals surface area contributed by atoms with Gasteiger partial charge in [-0.1, -0.05) is 12.1 Å². The molecular formula is C18H20FNO3. The maximum atomic E-state index is 12.9. The Kier molecular flexibility index (Phi) is 5.21. The van der Waals surface area contributed by atoms with Gasteiger partial charge < -0.3 is 14.8 Å². The van der Waals surface area contributed by atoms with E-state index in [9.17, 15) is 9.18 Å². The fourth-order valence-electron chi connectivity index (χ4n) is 1.85. The first-order chi connectivity index (χ1) is 10.8. The van der Waals surface area contributed by atoms with Gasteiger partial charge >= 0.3 is 6.09 Å². The molecule has 2 aromatic carbocycles. The number of alkyl carbamates (subject to hydrolysis) is 1. The molecule has 0 spiro atoms. The van der Waals surface area contributed by atoms with Crippen LogP contribution >= 0.6 is 0 Å². The molecule has 5 heteroatoms. The van der Waals surface area contributed by atoms with E-state index in [2.05, 4.69) is 5.32 Å². The molecule has 0 fully saturated rings. The van der Waals surface area contributed by atoms with Gasteiger partial charge in [0.15, 0.2) is 0 Å². The number of hydrogen-bond donors (Lipinski definition) is 1. The lowest BCUT2D eigenvalue weighted by atomic mass is 10.2. The van der Waals surface area contributed by atoms with Gasteiger partial charge in [0.25, 0.3) is 0 Å². The summed E-state index contributed by atoms with van der Waals surface area (Å²) in [5.41, 5.74) is 0.341. The van der Waals surface area contributed by atoms with Crippen LogP contribution in [0.25, 0.3) is 0 Å². The molecule has 0 saturated carbocycles. The van der Waals surface area contributed by atoms with Crippen molar-refractivity contribution in [2.24, 2.45) is 0 Å². The van der Waals surface area contributed by atoms with Crippen molar-refractivity contribution >= 4 is 6.09 Å². The van der Waals surface area contributed by atoms with Crippen LogP contribution < -0.4 is 10.1 Å². The van der Waals surface area contributed by atoms with Crippen LogP contribution in [0, 0.1) is 5.82 Å². The minimum atomic E-state index is -0.530. The Labute approximate surface area is 135 Å². The standard InChI is InChI=1S/C18H20FNO3/c1-18(2,3)23-17(21)20-12-13-5-4-6-16(11-13)22-15-9-7-14(19)8-10-15/h4-11H,12H2,1-3H3,(H,20,21). The molecule has 0 heterocycles. The van der Waals surface area contributed by atoms with E-state index in [4.69, 9.17) is 9.47 Å². The number of halogens is 1. The molecule has 122 valence electrons. The van der Waals surface area contributed by atoms with Crippen molar-refractivity contribution < 1.29 is 18.7 Å². The number of carbonyl (C=O) groups is 1. The van der Waals surface area contributed by atoms with Gasteiger partial charge in [-0.2, -0.15) is 0 Å². The predicted molar refractivity (Wildman–Crippen MR) is 86.0 cm³/mol. The molecule has 4 nitrogen and oxygen atoms in total. The van der Waals surface area contributed by atoms with E-state index in [1.165, 1.54) is 12.1 Å². The van der Waals surface area contributed by atoms with Crippen LogP contribution in [-0.4, -0.2) is 11.7 Å². The third-order valence-electron chi connectivity index (χ3n) is 2.78. The number of rotatable bonds is 4. The predicted octanol–water partition coefficient (Wildman–Crippen LogP) is 4.64. The number of hydrogen-bond acceptors (Lipinski definition) is 3. The third kappa shape index (κ3) is 5.98. The van der Waals surface area contributed by atoms with Crippen molar-refractivity contribution in [1.82, 2.24) is 5.32 Å². The smallest absolute Gasteiger partial charge is 0.407 e.